The molecule has 1 saturated heterocycles. The number of hydrogen-bond donors (Lipinski definition) is 1. The average molecular weight is 551 g/mol. The van der Waals surface area contributed by atoms with Gasteiger partial charge in [-0.3, -0.25) is 4.90 Å². The number of halogens is 1. The predicted molar refractivity (Wildman–Crippen MR) is 148 cm³/mol. The molecule has 0 unspecified atom stereocenters. The van der Waals surface area contributed by atoms with Crippen molar-refractivity contribution in [2.45, 2.75) is 31.9 Å². The lowest BCUT2D eigenvalue weighted by molar-refractivity contribution is 0.0696. The van der Waals surface area contributed by atoms with E-state index in [2.05, 4.69) is 11.0 Å². The van der Waals surface area contributed by atoms with Crippen LogP contribution in [0.25, 0.3) is 11.0 Å². The molecule has 0 spiro atoms. The van der Waals surface area contributed by atoms with E-state index in [9.17, 15) is 9.90 Å². The minimum absolute atomic E-state index is 0.181. The summed E-state index contributed by atoms with van der Waals surface area (Å²) in [7, 11) is 5.06. The summed E-state index contributed by atoms with van der Waals surface area (Å²) in [5, 5.41) is 10.1. The Kier molecular flexibility index (Phi) is 7.90. The zero-order chi connectivity index (χ0) is 27.5. The zero-order valence-electron chi connectivity index (χ0n) is 22.2. The number of carbonyl (C=O) groups is 1. The van der Waals surface area contributed by atoms with Gasteiger partial charge in [-0.1, -0.05) is 23.7 Å². The van der Waals surface area contributed by atoms with Gasteiger partial charge in [0.05, 0.1) is 31.8 Å². The molecule has 0 amide bonds. The van der Waals surface area contributed by atoms with E-state index in [-0.39, 0.29) is 5.56 Å². The smallest absolute Gasteiger partial charge is 0.335 e. The van der Waals surface area contributed by atoms with Gasteiger partial charge >= 0.3 is 5.97 Å². The van der Waals surface area contributed by atoms with E-state index in [0.29, 0.717) is 47.0 Å². The van der Waals surface area contributed by atoms with Gasteiger partial charge in [0.2, 0.25) is 5.88 Å². The molecule has 0 radical (unpaired) electrons. The number of aryl methyl sites for hydroxylation is 1. The number of imidazole rings is 1. The molecule has 1 aliphatic rings. The van der Waals surface area contributed by atoms with Crippen molar-refractivity contribution in [3.63, 3.8) is 0 Å². The SMILES string of the molecule is COc1cc(Cl)ccc1COc1cccc(C2CCN(Cc3nc4c(OC)cc(C(=O)O)cc4n3C)CC2)n1. The Bertz CT molecular complexity index is 1500. The summed E-state index contributed by atoms with van der Waals surface area (Å²) >= 11 is 6.06. The fourth-order valence-electron chi connectivity index (χ4n) is 5.04. The van der Waals surface area contributed by atoms with Gasteiger partial charge in [0.15, 0.2) is 0 Å². The lowest BCUT2D eigenvalue weighted by Crippen LogP contribution is -2.33. The van der Waals surface area contributed by atoms with Crippen molar-refractivity contribution in [1.82, 2.24) is 19.4 Å². The number of carboxylic acid groups (broad SMARTS) is 1. The number of hydrogen-bond acceptors (Lipinski definition) is 7. The Morgan fingerprint density at radius 2 is 1.82 bits per heavy atom. The van der Waals surface area contributed by atoms with Gasteiger partial charge in [0.25, 0.3) is 0 Å². The lowest BCUT2D eigenvalue weighted by atomic mass is 9.93. The number of pyridine rings is 1. The number of piperidine rings is 1. The minimum Gasteiger partial charge on any atom is -0.496 e. The Morgan fingerprint density at radius 3 is 2.54 bits per heavy atom. The van der Waals surface area contributed by atoms with E-state index in [1.807, 2.05) is 35.9 Å². The van der Waals surface area contributed by atoms with Crippen LogP contribution in [0, 0.1) is 0 Å². The molecule has 0 bridgehead atoms. The van der Waals surface area contributed by atoms with E-state index < -0.39 is 5.97 Å². The normalized spacial score (nSPS) is 14.5. The molecule has 3 heterocycles. The van der Waals surface area contributed by atoms with Crippen molar-refractivity contribution in [2.24, 2.45) is 7.05 Å². The van der Waals surface area contributed by atoms with E-state index >= 15 is 0 Å². The first-order valence-corrected chi connectivity index (χ1v) is 13.1. The molecule has 204 valence electrons. The van der Waals surface area contributed by atoms with Gasteiger partial charge < -0.3 is 23.9 Å². The first-order chi connectivity index (χ1) is 18.9. The number of benzene rings is 2. The van der Waals surface area contributed by atoms with E-state index in [1.54, 1.807) is 19.2 Å². The van der Waals surface area contributed by atoms with Crippen molar-refractivity contribution in [1.29, 1.82) is 0 Å². The third kappa shape index (κ3) is 5.79. The lowest BCUT2D eigenvalue weighted by Gasteiger charge is -2.31. The fraction of sp³-hybridized carbons (Fsp3) is 0.345. The molecule has 39 heavy (non-hydrogen) atoms. The molecule has 1 aliphatic heterocycles. The van der Waals surface area contributed by atoms with Crippen LogP contribution in [0.15, 0.2) is 48.5 Å². The minimum atomic E-state index is -0.993. The summed E-state index contributed by atoms with van der Waals surface area (Å²) in [6, 6.07) is 14.6. The number of aromatic carboxylic acids is 1. The van der Waals surface area contributed by atoms with Crippen LogP contribution in [0.5, 0.6) is 17.4 Å². The molecule has 0 aliphatic carbocycles. The van der Waals surface area contributed by atoms with E-state index in [4.69, 9.17) is 35.8 Å². The molecule has 1 fully saturated rings. The van der Waals surface area contributed by atoms with Crippen molar-refractivity contribution in [2.75, 3.05) is 27.3 Å². The van der Waals surface area contributed by atoms with Crippen molar-refractivity contribution in [3.8, 4) is 17.4 Å². The van der Waals surface area contributed by atoms with Crippen molar-refractivity contribution in [3.05, 3.63) is 76.2 Å². The average Bonchev–Trinajstić information content (AvgIpc) is 3.27. The van der Waals surface area contributed by atoms with Gasteiger partial charge in [-0.15, -0.1) is 0 Å². The number of methoxy groups -OCH3 is 2. The van der Waals surface area contributed by atoms with Gasteiger partial charge in [0, 0.05) is 35.3 Å². The number of ether oxygens (including phenoxy) is 3. The van der Waals surface area contributed by atoms with Crippen LogP contribution in [-0.4, -0.2) is 57.8 Å². The van der Waals surface area contributed by atoms with E-state index in [0.717, 1.165) is 48.5 Å². The third-order valence-corrected chi connectivity index (χ3v) is 7.49. The second-order valence-electron chi connectivity index (χ2n) is 9.63. The Hall–Kier alpha value is -3.82. The maximum atomic E-state index is 11.5. The molecule has 5 rings (SSSR count). The standard InChI is InChI=1S/C29H31ClN4O5/c1-33-23-13-20(29(35)36)14-25(38-3)28(23)32-26(33)16-34-11-9-18(10-12-34)22-5-4-6-27(31-22)39-17-19-7-8-21(30)15-24(19)37-2/h4-8,13-15,18H,9-12,16-17H2,1-3H3,(H,35,36). The quantitative estimate of drug-likeness (QED) is 0.300. The van der Waals surface area contributed by atoms with Crippen LogP contribution in [0.3, 0.4) is 0 Å². The molecule has 4 aromatic rings. The van der Waals surface area contributed by atoms with Crippen molar-refractivity contribution >= 4 is 28.6 Å². The summed E-state index contributed by atoms with van der Waals surface area (Å²) in [5.41, 5.74) is 3.53. The van der Waals surface area contributed by atoms with Crippen LogP contribution >= 0.6 is 11.6 Å². The number of aromatic nitrogens is 3. The molecule has 1 N–H and O–H groups in total. The topological polar surface area (TPSA) is 98.9 Å². The summed E-state index contributed by atoms with van der Waals surface area (Å²) in [4.78, 5) is 23.5. The summed E-state index contributed by atoms with van der Waals surface area (Å²) in [6.07, 6.45) is 1.94. The molecular formula is C29H31ClN4O5. The predicted octanol–water partition coefficient (Wildman–Crippen LogP) is 5.30. The van der Waals surface area contributed by atoms with Crippen LogP contribution in [0.4, 0.5) is 0 Å². The number of nitrogens with zero attached hydrogens (tertiary/aromatic N) is 4. The fourth-order valence-corrected chi connectivity index (χ4v) is 5.20. The Morgan fingerprint density at radius 1 is 1.05 bits per heavy atom. The summed E-state index contributed by atoms with van der Waals surface area (Å²) < 4.78 is 18.8. The molecule has 0 atom stereocenters. The Labute approximate surface area is 231 Å². The second kappa shape index (κ2) is 11.5. The second-order valence-corrected chi connectivity index (χ2v) is 10.1. The molecule has 10 heteroatoms. The highest BCUT2D eigenvalue weighted by Gasteiger charge is 2.24. The maximum Gasteiger partial charge on any atom is 0.335 e. The van der Waals surface area contributed by atoms with Crippen molar-refractivity contribution < 1.29 is 24.1 Å². The highest BCUT2D eigenvalue weighted by Crippen LogP contribution is 2.31. The highest BCUT2D eigenvalue weighted by atomic mass is 35.5. The molecule has 2 aromatic carbocycles. The van der Waals surface area contributed by atoms with E-state index in [1.165, 1.54) is 13.2 Å². The maximum absolute atomic E-state index is 11.5. The number of carboxylic acids is 1. The van der Waals surface area contributed by atoms with Crippen LogP contribution in [0.2, 0.25) is 5.02 Å². The molecule has 0 saturated carbocycles. The van der Waals surface area contributed by atoms with Gasteiger partial charge in [-0.25, -0.2) is 14.8 Å². The first kappa shape index (κ1) is 26.8. The number of rotatable bonds is 9. The first-order valence-electron chi connectivity index (χ1n) is 12.8. The molecule has 9 nitrogen and oxygen atoms in total. The number of fused-ring (bicyclic) bond motifs is 1. The monoisotopic (exact) mass is 550 g/mol. The Balaban J connectivity index is 1.22. The highest BCUT2D eigenvalue weighted by molar-refractivity contribution is 6.30. The zero-order valence-corrected chi connectivity index (χ0v) is 22.9. The van der Waals surface area contributed by atoms with Crippen LogP contribution in [0.1, 0.15) is 46.2 Å². The van der Waals surface area contributed by atoms with Crippen LogP contribution < -0.4 is 14.2 Å². The largest absolute Gasteiger partial charge is 0.496 e. The summed E-state index contributed by atoms with van der Waals surface area (Å²) in [6.45, 7) is 2.81. The third-order valence-electron chi connectivity index (χ3n) is 7.25. The van der Waals surface area contributed by atoms with Gasteiger partial charge in [-0.05, 0) is 56.3 Å². The summed E-state index contributed by atoms with van der Waals surface area (Å²) in [5.74, 6) is 1.96. The van der Waals surface area contributed by atoms with Crippen LogP contribution in [-0.2, 0) is 20.2 Å². The number of likely N-dealkylation sites (tertiary alicyclic amines) is 1. The molecule has 2 aromatic heterocycles. The van der Waals surface area contributed by atoms with Gasteiger partial charge in [-0.2, -0.15) is 0 Å². The molecular weight excluding hydrogens is 520 g/mol. The van der Waals surface area contributed by atoms with Gasteiger partial charge in [0.1, 0.15) is 29.4 Å².